The number of halogens is 1. The number of benzene rings is 1. The van der Waals surface area contributed by atoms with E-state index in [-0.39, 0.29) is 30.5 Å². The van der Waals surface area contributed by atoms with E-state index < -0.39 is 0 Å². The first-order chi connectivity index (χ1) is 15.8. The molecule has 8 heteroatoms. The number of likely N-dealkylation sites (tertiary alicyclic amines) is 1. The summed E-state index contributed by atoms with van der Waals surface area (Å²) in [5.74, 6) is 0.365. The van der Waals surface area contributed by atoms with Crippen LogP contribution in [0.5, 0.6) is 5.88 Å². The molecule has 1 aliphatic rings. The predicted octanol–water partition coefficient (Wildman–Crippen LogP) is 4.07. The van der Waals surface area contributed by atoms with Crippen LogP contribution in [-0.2, 0) is 16.1 Å². The average Bonchev–Trinajstić information content (AvgIpc) is 3.00. The van der Waals surface area contributed by atoms with E-state index in [0.717, 1.165) is 32.2 Å². The molecule has 0 unspecified atom stereocenters. The van der Waals surface area contributed by atoms with E-state index in [4.69, 9.17) is 4.74 Å². The Bertz CT molecular complexity index is 1230. The van der Waals surface area contributed by atoms with Crippen LogP contribution in [0.4, 0.5) is 0 Å². The number of fused-ring (bicyclic) bond motifs is 1. The number of hydrogen-bond acceptors (Lipinski definition) is 4. The largest absolute Gasteiger partial charge is 0.475 e. The molecule has 3 aromatic rings. The third kappa shape index (κ3) is 4.66. The zero-order valence-electron chi connectivity index (χ0n) is 19.0. The highest BCUT2D eigenvalue weighted by Gasteiger charge is 2.30. The molecule has 2 aromatic heterocycles. The second-order valence-electron chi connectivity index (χ2n) is 8.44. The molecule has 1 saturated heterocycles. The van der Waals surface area contributed by atoms with Crippen LogP contribution in [-0.4, -0.2) is 51.5 Å². The SMILES string of the molecule is C=CC(=O)N1CC(NC(=O)Cn2c(C)c(-c3cccnc3OC(C)C)c3cc(Br)ccc32)C1. The molecule has 0 spiro atoms. The van der Waals surface area contributed by atoms with Gasteiger partial charge in [0, 0.05) is 51.5 Å². The van der Waals surface area contributed by atoms with Crippen molar-refractivity contribution in [3.63, 3.8) is 0 Å². The van der Waals surface area contributed by atoms with Crippen LogP contribution in [0.15, 0.2) is 53.7 Å². The van der Waals surface area contributed by atoms with Gasteiger partial charge in [0.2, 0.25) is 17.7 Å². The number of nitrogens with zero attached hydrogens (tertiary/aromatic N) is 3. The van der Waals surface area contributed by atoms with E-state index in [1.165, 1.54) is 6.08 Å². The van der Waals surface area contributed by atoms with Crippen molar-refractivity contribution < 1.29 is 14.3 Å². The first kappa shape index (κ1) is 23.0. The second kappa shape index (κ2) is 9.39. The number of amides is 2. The Kier molecular flexibility index (Phi) is 6.56. The van der Waals surface area contributed by atoms with E-state index in [0.29, 0.717) is 19.0 Å². The van der Waals surface area contributed by atoms with Gasteiger partial charge in [0.25, 0.3) is 0 Å². The van der Waals surface area contributed by atoms with Crippen LogP contribution in [0.3, 0.4) is 0 Å². The summed E-state index contributed by atoms with van der Waals surface area (Å²) in [4.78, 5) is 30.6. The van der Waals surface area contributed by atoms with Gasteiger partial charge in [-0.05, 0) is 57.2 Å². The van der Waals surface area contributed by atoms with Crippen LogP contribution < -0.4 is 10.1 Å². The van der Waals surface area contributed by atoms with Gasteiger partial charge in [-0.2, -0.15) is 0 Å². The van der Waals surface area contributed by atoms with E-state index >= 15 is 0 Å². The molecular weight excluding hydrogens is 484 g/mol. The Labute approximate surface area is 201 Å². The molecule has 0 atom stereocenters. The smallest absolute Gasteiger partial charge is 0.246 e. The lowest BCUT2D eigenvalue weighted by atomic mass is 10.0. The molecule has 0 saturated carbocycles. The normalized spacial score (nSPS) is 13.8. The van der Waals surface area contributed by atoms with Crippen LogP contribution in [0, 0.1) is 6.92 Å². The number of nitrogens with one attached hydrogen (secondary N) is 1. The fraction of sp³-hybridized carbons (Fsp3) is 0.320. The fourth-order valence-electron chi connectivity index (χ4n) is 4.19. The molecule has 7 nitrogen and oxygen atoms in total. The van der Waals surface area contributed by atoms with Crippen molar-refractivity contribution in [3.8, 4) is 17.0 Å². The van der Waals surface area contributed by atoms with Gasteiger partial charge in [-0.1, -0.05) is 22.5 Å². The Morgan fingerprint density at radius 1 is 1.33 bits per heavy atom. The number of carbonyl (C=O) groups excluding carboxylic acids is 2. The molecule has 33 heavy (non-hydrogen) atoms. The lowest BCUT2D eigenvalue weighted by Crippen LogP contribution is -2.61. The van der Waals surface area contributed by atoms with Crippen molar-refractivity contribution in [2.45, 2.75) is 39.5 Å². The van der Waals surface area contributed by atoms with Gasteiger partial charge in [0.15, 0.2) is 0 Å². The van der Waals surface area contributed by atoms with Crippen molar-refractivity contribution in [2.75, 3.05) is 13.1 Å². The van der Waals surface area contributed by atoms with Gasteiger partial charge in [0.05, 0.1) is 12.1 Å². The monoisotopic (exact) mass is 510 g/mol. The van der Waals surface area contributed by atoms with Crippen LogP contribution >= 0.6 is 15.9 Å². The van der Waals surface area contributed by atoms with E-state index in [9.17, 15) is 9.59 Å². The predicted molar refractivity (Wildman–Crippen MR) is 132 cm³/mol. The van der Waals surface area contributed by atoms with Crippen molar-refractivity contribution in [1.29, 1.82) is 0 Å². The maximum absolute atomic E-state index is 12.9. The highest BCUT2D eigenvalue weighted by molar-refractivity contribution is 9.10. The summed E-state index contributed by atoms with van der Waals surface area (Å²) in [5.41, 5.74) is 3.80. The van der Waals surface area contributed by atoms with Gasteiger partial charge in [-0.15, -0.1) is 0 Å². The van der Waals surface area contributed by atoms with Crippen molar-refractivity contribution >= 4 is 38.6 Å². The quantitative estimate of drug-likeness (QED) is 0.486. The number of hydrogen-bond donors (Lipinski definition) is 1. The Morgan fingerprint density at radius 2 is 2.09 bits per heavy atom. The Morgan fingerprint density at radius 3 is 2.79 bits per heavy atom. The minimum absolute atomic E-state index is 0.0140. The highest BCUT2D eigenvalue weighted by atomic mass is 79.9. The van der Waals surface area contributed by atoms with E-state index in [2.05, 4.69) is 38.9 Å². The summed E-state index contributed by atoms with van der Waals surface area (Å²) in [5, 5.41) is 4.05. The lowest BCUT2D eigenvalue weighted by Gasteiger charge is -2.38. The second-order valence-corrected chi connectivity index (χ2v) is 9.36. The number of pyridine rings is 1. The topological polar surface area (TPSA) is 76.5 Å². The average molecular weight is 511 g/mol. The summed E-state index contributed by atoms with van der Waals surface area (Å²) < 4.78 is 8.96. The summed E-state index contributed by atoms with van der Waals surface area (Å²) in [6, 6.07) is 9.89. The highest BCUT2D eigenvalue weighted by Crippen LogP contribution is 2.39. The van der Waals surface area contributed by atoms with Gasteiger partial charge >= 0.3 is 0 Å². The molecule has 0 aliphatic carbocycles. The minimum Gasteiger partial charge on any atom is -0.475 e. The molecular formula is C25H27BrN4O3. The molecule has 1 fully saturated rings. The molecule has 2 amide bonds. The van der Waals surface area contributed by atoms with Crippen molar-refractivity contribution in [2.24, 2.45) is 0 Å². The third-order valence-corrected chi connectivity index (χ3v) is 6.20. The first-order valence-corrected chi connectivity index (χ1v) is 11.7. The molecule has 1 aliphatic heterocycles. The molecule has 1 aromatic carbocycles. The third-order valence-electron chi connectivity index (χ3n) is 5.71. The zero-order chi connectivity index (χ0) is 23.7. The molecule has 1 N–H and O–H groups in total. The Balaban J connectivity index is 1.66. The van der Waals surface area contributed by atoms with Gasteiger partial charge in [-0.3, -0.25) is 9.59 Å². The summed E-state index contributed by atoms with van der Waals surface area (Å²) in [7, 11) is 0. The molecule has 0 radical (unpaired) electrons. The maximum Gasteiger partial charge on any atom is 0.246 e. The summed E-state index contributed by atoms with van der Waals surface area (Å²) in [6.45, 7) is 10.6. The molecule has 0 bridgehead atoms. The van der Waals surface area contributed by atoms with E-state index in [1.54, 1.807) is 11.1 Å². The molecule has 4 rings (SSSR count). The standard InChI is InChI=1S/C25H27BrN4O3/c1-5-23(32)29-12-18(13-29)28-22(31)14-30-16(4)24(20-11-17(26)8-9-21(20)30)19-7-6-10-27-25(19)33-15(2)3/h5-11,15,18H,1,12-14H2,2-4H3,(H,28,31). The number of ether oxygens (including phenoxy) is 1. The van der Waals surface area contributed by atoms with Gasteiger partial charge < -0.3 is 19.5 Å². The van der Waals surface area contributed by atoms with Crippen molar-refractivity contribution in [3.05, 3.63) is 59.4 Å². The minimum atomic E-state index is -0.112. The maximum atomic E-state index is 12.9. The van der Waals surface area contributed by atoms with Gasteiger partial charge in [0.1, 0.15) is 6.54 Å². The number of rotatable bonds is 7. The molecule has 3 heterocycles. The van der Waals surface area contributed by atoms with Crippen molar-refractivity contribution in [1.82, 2.24) is 19.8 Å². The molecule has 172 valence electrons. The number of aromatic nitrogens is 2. The van der Waals surface area contributed by atoms with E-state index in [1.807, 2.05) is 49.6 Å². The summed E-state index contributed by atoms with van der Waals surface area (Å²) >= 11 is 3.58. The Hall–Kier alpha value is -3.13. The lowest BCUT2D eigenvalue weighted by molar-refractivity contribution is -0.133. The van der Waals surface area contributed by atoms with Crippen LogP contribution in [0.2, 0.25) is 0 Å². The van der Waals surface area contributed by atoms with Crippen LogP contribution in [0.25, 0.3) is 22.0 Å². The zero-order valence-corrected chi connectivity index (χ0v) is 20.6. The summed E-state index contributed by atoms with van der Waals surface area (Å²) in [6.07, 6.45) is 3.00. The van der Waals surface area contributed by atoms with Gasteiger partial charge in [-0.25, -0.2) is 4.98 Å². The fourth-order valence-corrected chi connectivity index (χ4v) is 4.55. The van der Waals surface area contributed by atoms with Crippen LogP contribution in [0.1, 0.15) is 19.5 Å². The first-order valence-electron chi connectivity index (χ1n) is 10.9. The number of carbonyl (C=O) groups is 2.